The first-order valence-electron chi connectivity index (χ1n) is 5.43. The van der Waals surface area contributed by atoms with Crippen molar-refractivity contribution >= 4 is 30.7 Å². The van der Waals surface area contributed by atoms with Crippen molar-refractivity contribution in [3.8, 4) is 0 Å². The lowest BCUT2D eigenvalue weighted by Crippen LogP contribution is -2.06. The zero-order chi connectivity index (χ0) is 13.6. The molecule has 1 aromatic carbocycles. The van der Waals surface area contributed by atoms with Crippen LogP contribution in [0.4, 0.5) is 0 Å². The summed E-state index contributed by atoms with van der Waals surface area (Å²) < 4.78 is 39.8. The molecule has 7 heteroatoms. The van der Waals surface area contributed by atoms with Crippen molar-refractivity contribution in [2.24, 2.45) is 0 Å². The summed E-state index contributed by atoms with van der Waals surface area (Å²) in [5.74, 6) is 0.465. The van der Waals surface area contributed by atoms with E-state index < -0.39 is 19.9 Å². The second kappa shape index (κ2) is 7.28. The van der Waals surface area contributed by atoms with Gasteiger partial charge in [0.25, 0.3) is 0 Å². The van der Waals surface area contributed by atoms with Gasteiger partial charge in [0.05, 0.1) is 17.3 Å². The summed E-state index contributed by atoms with van der Waals surface area (Å²) in [5.41, 5.74) is 1.01. The van der Waals surface area contributed by atoms with Crippen LogP contribution in [-0.4, -0.2) is 30.7 Å². The molecule has 0 saturated carbocycles. The van der Waals surface area contributed by atoms with Gasteiger partial charge in [-0.25, -0.2) is 12.6 Å². The molecule has 1 aromatic rings. The van der Waals surface area contributed by atoms with Crippen LogP contribution in [0.2, 0.25) is 0 Å². The number of hydrogen-bond donors (Lipinski definition) is 0. The smallest absolute Gasteiger partial charge is 0.230 e. The molecule has 0 fully saturated rings. The quantitative estimate of drug-likeness (QED) is 0.722. The van der Waals surface area contributed by atoms with Crippen LogP contribution in [0.25, 0.3) is 0 Å². The summed E-state index contributed by atoms with van der Waals surface area (Å²) in [4.78, 5) is 0.278. The maximum atomic E-state index is 11.9. The topological polar surface area (TPSA) is 60.4 Å². The van der Waals surface area contributed by atoms with Crippen LogP contribution in [0.1, 0.15) is 12.5 Å². The fraction of sp³-hybridized carbons (Fsp3) is 0.455. The molecule has 0 heterocycles. The molecule has 18 heavy (non-hydrogen) atoms. The highest BCUT2D eigenvalue weighted by Gasteiger charge is 2.15. The van der Waals surface area contributed by atoms with Crippen molar-refractivity contribution in [2.45, 2.75) is 18.7 Å². The van der Waals surface area contributed by atoms with E-state index in [0.29, 0.717) is 6.61 Å². The summed E-state index contributed by atoms with van der Waals surface area (Å²) in [6.07, 6.45) is 0. The third-order valence-corrected chi connectivity index (χ3v) is 6.88. The van der Waals surface area contributed by atoms with E-state index in [9.17, 15) is 12.6 Å². The Morgan fingerprint density at radius 1 is 1.28 bits per heavy atom. The molecule has 0 saturated heterocycles. The first kappa shape index (κ1) is 15.7. The zero-order valence-electron chi connectivity index (χ0n) is 10.3. The van der Waals surface area contributed by atoms with E-state index in [1.54, 1.807) is 31.2 Å². The fourth-order valence-electron chi connectivity index (χ4n) is 1.18. The molecule has 0 bridgehead atoms. The van der Waals surface area contributed by atoms with E-state index in [1.807, 2.05) is 6.92 Å². The second-order valence-electron chi connectivity index (χ2n) is 3.50. The fourth-order valence-corrected chi connectivity index (χ4v) is 5.21. The number of hydrogen-bond acceptors (Lipinski definition) is 5. The molecule has 0 radical (unpaired) electrons. The van der Waals surface area contributed by atoms with Crippen LogP contribution in [0.15, 0.2) is 29.2 Å². The van der Waals surface area contributed by atoms with Gasteiger partial charge in [-0.15, -0.1) is 0 Å². The Labute approximate surface area is 114 Å². The second-order valence-corrected chi connectivity index (χ2v) is 8.80. The number of rotatable bonds is 7. The third kappa shape index (κ3) is 5.09. The minimum absolute atomic E-state index is 0.212. The van der Waals surface area contributed by atoms with Crippen molar-refractivity contribution in [2.75, 3.05) is 18.1 Å². The molecular formula is C11H16O4S3. The van der Waals surface area contributed by atoms with Gasteiger partial charge in [0.15, 0.2) is 11.1 Å². The van der Waals surface area contributed by atoms with Gasteiger partial charge in [0.1, 0.15) is 0 Å². The molecule has 102 valence electrons. The molecule has 1 rings (SSSR count). The average Bonchev–Trinajstić information content (AvgIpc) is 2.29. The van der Waals surface area contributed by atoms with Crippen LogP contribution in [0.5, 0.6) is 0 Å². The lowest BCUT2D eigenvalue weighted by molar-refractivity contribution is 0.372. The molecule has 0 aromatic heterocycles. The van der Waals surface area contributed by atoms with Crippen LogP contribution >= 0.6 is 10.8 Å². The molecular weight excluding hydrogens is 292 g/mol. The van der Waals surface area contributed by atoms with Crippen molar-refractivity contribution in [1.82, 2.24) is 0 Å². The molecule has 0 aliphatic heterocycles. The number of benzene rings is 1. The highest BCUT2D eigenvalue weighted by Crippen LogP contribution is 2.23. The maximum absolute atomic E-state index is 11.9. The average molecular weight is 308 g/mol. The van der Waals surface area contributed by atoms with E-state index in [-0.39, 0.29) is 16.4 Å². The van der Waals surface area contributed by atoms with Gasteiger partial charge in [0, 0.05) is 5.75 Å². The standard InChI is InChI=1S/C11H16O4S3/c1-3-15-17(12)9-8-16-18(13,14)11-6-4-10(2)5-7-11/h4-7H,3,8-9H2,1-2H3. The minimum atomic E-state index is -3.36. The Kier molecular flexibility index (Phi) is 6.34. The monoisotopic (exact) mass is 308 g/mol. The first-order chi connectivity index (χ1) is 8.45. The normalized spacial score (nSPS) is 13.4. The van der Waals surface area contributed by atoms with Crippen molar-refractivity contribution < 1.29 is 16.8 Å². The molecule has 0 spiro atoms. The van der Waals surface area contributed by atoms with E-state index in [0.717, 1.165) is 16.4 Å². The van der Waals surface area contributed by atoms with E-state index >= 15 is 0 Å². The zero-order valence-corrected chi connectivity index (χ0v) is 12.7. The number of aryl methyl sites for hydroxylation is 1. The third-order valence-electron chi connectivity index (χ3n) is 2.05. The predicted molar refractivity (Wildman–Crippen MR) is 75.5 cm³/mol. The van der Waals surface area contributed by atoms with Gasteiger partial charge in [-0.3, -0.25) is 4.18 Å². The molecule has 1 unspecified atom stereocenters. The molecule has 0 amide bonds. The van der Waals surface area contributed by atoms with Gasteiger partial charge in [-0.1, -0.05) is 17.7 Å². The highest BCUT2D eigenvalue weighted by atomic mass is 33.1. The van der Waals surface area contributed by atoms with Gasteiger partial charge < -0.3 is 0 Å². The summed E-state index contributed by atoms with van der Waals surface area (Å²) in [6, 6.07) is 6.67. The summed E-state index contributed by atoms with van der Waals surface area (Å²) >= 11 is -1.40. The van der Waals surface area contributed by atoms with Gasteiger partial charge in [-0.2, -0.15) is 0 Å². The van der Waals surface area contributed by atoms with E-state index in [2.05, 4.69) is 0 Å². The predicted octanol–water partition coefficient (Wildman–Crippen LogP) is 2.12. The van der Waals surface area contributed by atoms with Gasteiger partial charge >= 0.3 is 0 Å². The molecule has 1 atom stereocenters. The maximum Gasteiger partial charge on any atom is 0.230 e. The Hall–Kier alpha value is -0.370. The molecule has 0 N–H and O–H groups in total. The Morgan fingerprint density at radius 2 is 1.89 bits per heavy atom. The Balaban J connectivity index is 2.55. The highest BCUT2D eigenvalue weighted by molar-refractivity contribution is 8.72. The SMILES string of the molecule is CCOS(=O)CCSS(=O)(=O)c1ccc(C)cc1. The van der Waals surface area contributed by atoms with E-state index in [1.165, 1.54) is 0 Å². The van der Waals surface area contributed by atoms with Crippen molar-refractivity contribution in [3.05, 3.63) is 29.8 Å². The summed E-state index contributed by atoms with van der Waals surface area (Å²) in [5, 5.41) is 0. The van der Waals surface area contributed by atoms with Crippen LogP contribution in [-0.2, 0) is 24.1 Å². The molecule has 0 aliphatic rings. The van der Waals surface area contributed by atoms with Crippen LogP contribution in [0.3, 0.4) is 0 Å². The Bertz CT molecular complexity index is 494. The lowest BCUT2D eigenvalue weighted by Gasteiger charge is -2.04. The van der Waals surface area contributed by atoms with Gasteiger partial charge in [0.2, 0.25) is 8.87 Å². The molecule has 0 aliphatic carbocycles. The van der Waals surface area contributed by atoms with Gasteiger partial charge in [-0.05, 0) is 36.8 Å². The van der Waals surface area contributed by atoms with Crippen LogP contribution < -0.4 is 0 Å². The van der Waals surface area contributed by atoms with Crippen LogP contribution in [0, 0.1) is 6.92 Å². The van der Waals surface area contributed by atoms with Crippen molar-refractivity contribution in [1.29, 1.82) is 0 Å². The first-order valence-corrected chi connectivity index (χ1v) is 9.66. The minimum Gasteiger partial charge on any atom is -0.291 e. The van der Waals surface area contributed by atoms with Crippen molar-refractivity contribution in [3.63, 3.8) is 0 Å². The Morgan fingerprint density at radius 3 is 2.44 bits per heavy atom. The lowest BCUT2D eigenvalue weighted by atomic mass is 10.2. The molecule has 4 nitrogen and oxygen atoms in total. The summed E-state index contributed by atoms with van der Waals surface area (Å²) in [6.45, 7) is 4.00. The largest absolute Gasteiger partial charge is 0.291 e. The van der Waals surface area contributed by atoms with E-state index in [4.69, 9.17) is 4.18 Å². The summed E-state index contributed by atoms with van der Waals surface area (Å²) in [7, 11) is -2.57.